The summed E-state index contributed by atoms with van der Waals surface area (Å²) >= 11 is 5.57. The summed E-state index contributed by atoms with van der Waals surface area (Å²) in [6, 6.07) is 1.81. The lowest BCUT2D eigenvalue weighted by Gasteiger charge is -1.91. The molecule has 3 N–H and O–H groups in total. The zero-order valence-corrected chi connectivity index (χ0v) is 8.34. The van der Waals surface area contributed by atoms with Crippen LogP contribution < -0.4 is 11.3 Å². The number of hydrogen-bond acceptors (Lipinski definition) is 4. The van der Waals surface area contributed by atoms with Crippen molar-refractivity contribution in [3.63, 3.8) is 0 Å². The van der Waals surface area contributed by atoms with Gasteiger partial charge in [0.15, 0.2) is 0 Å². The van der Waals surface area contributed by atoms with Gasteiger partial charge >= 0.3 is 0 Å². The van der Waals surface area contributed by atoms with Gasteiger partial charge < -0.3 is 0 Å². The van der Waals surface area contributed by atoms with Crippen molar-refractivity contribution in [2.45, 2.75) is 12.7 Å². The van der Waals surface area contributed by atoms with Gasteiger partial charge in [0.1, 0.15) is 0 Å². The Kier molecular flexibility index (Phi) is 3.13. The highest BCUT2D eigenvalue weighted by Crippen LogP contribution is 2.22. The maximum Gasteiger partial charge on any atom is 0.275 e. The molecule has 0 fully saturated rings. The molecule has 5 heteroatoms. The van der Waals surface area contributed by atoms with Crippen LogP contribution in [0.5, 0.6) is 0 Å². The van der Waals surface area contributed by atoms with E-state index < -0.39 is 0 Å². The highest BCUT2D eigenvalue weighted by Gasteiger charge is 2.09. The summed E-state index contributed by atoms with van der Waals surface area (Å²) in [5.41, 5.74) is 3.18. The normalized spacial score (nSPS) is 9.92. The van der Waals surface area contributed by atoms with Gasteiger partial charge in [-0.05, 0) is 18.6 Å². The second-order valence-corrected chi connectivity index (χ2v) is 3.90. The van der Waals surface area contributed by atoms with Crippen molar-refractivity contribution in [3.8, 4) is 0 Å². The number of nitrogen functional groups attached to an aromatic ring is 1. The SMILES string of the molecule is Cc1sc(C(=O)NN)cc1CS. The highest BCUT2D eigenvalue weighted by atomic mass is 32.1. The third-order valence-corrected chi connectivity index (χ3v) is 2.98. The Labute approximate surface area is 80.3 Å². The van der Waals surface area contributed by atoms with E-state index in [1.165, 1.54) is 11.3 Å². The first-order chi connectivity index (χ1) is 5.69. The number of hydrogen-bond donors (Lipinski definition) is 3. The van der Waals surface area contributed by atoms with Crippen LogP contribution in [0, 0.1) is 6.92 Å². The maximum absolute atomic E-state index is 11.0. The molecule has 0 aliphatic carbocycles. The van der Waals surface area contributed by atoms with Gasteiger partial charge in [0.25, 0.3) is 5.91 Å². The molecule has 0 atom stereocenters. The van der Waals surface area contributed by atoms with Gasteiger partial charge in [-0.1, -0.05) is 0 Å². The van der Waals surface area contributed by atoms with E-state index in [1.54, 1.807) is 0 Å². The Balaban J connectivity index is 2.96. The summed E-state index contributed by atoms with van der Waals surface area (Å²) in [4.78, 5) is 12.8. The molecule has 1 rings (SSSR count). The molecule has 0 aromatic carbocycles. The summed E-state index contributed by atoms with van der Waals surface area (Å²) in [7, 11) is 0. The number of aryl methyl sites for hydroxylation is 1. The molecule has 66 valence electrons. The largest absolute Gasteiger partial charge is 0.289 e. The number of thiol groups is 1. The monoisotopic (exact) mass is 202 g/mol. The Morgan fingerprint density at radius 2 is 2.50 bits per heavy atom. The summed E-state index contributed by atoms with van der Waals surface area (Å²) < 4.78 is 0. The molecule has 1 amide bonds. The average Bonchev–Trinajstić information content (AvgIpc) is 2.45. The van der Waals surface area contributed by atoms with Gasteiger partial charge in [-0.25, -0.2) is 5.84 Å². The molecule has 1 heterocycles. The number of nitrogens with one attached hydrogen (secondary N) is 1. The number of hydrazine groups is 1. The first kappa shape index (κ1) is 9.57. The van der Waals surface area contributed by atoms with E-state index in [1.807, 2.05) is 13.0 Å². The first-order valence-electron chi connectivity index (χ1n) is 3.40. The fourth-order valence-electron chi connectivity index (χ4n) is 0.860. The first-order valence-corrected chi connectivity index (χ1v) is 4.85. The third kappa shape index (κ3) is 1.80. The van der Waals surface area contributed by atoms with Crippen molar-refractivity contribution in [2.24, 2.45) is 5.84 Å². The molecule has 0 unspecified atom stereocenters. The van der Waals surface area contributed by atoms with Gasteiger partial charge in [0, 0.05) is 10.6 Å². The molecule has 0 radical (unpaired) electrons. The Morgan fingerprint density at radius 1 is 1.83 bits per heavy atom. The Hall–Kier alpha value is -0.520. The molecule has 0 aliphatic heterocycles. The van der Waals surface area contributed by atoms with Crippen LogP contribution in [0.2, 0.25) is 0 Å². The Morgan fingerprint density at radius 3 is 2.92 bits per heavy atom. The molecule has 0 aliphatic rings. The van der Waals surface area contributed by atoms with E-state index in [2.05, 4.69) is 18.1 Å². The van der Waals surface area contributed by atoms with Crippen LogP contribution in [0.3, 0.4) is 0 Å². The molecule has 0 saturated heterocycles. The number of thiophene rings is 1. The van der Waals surface area contributed by atoms with Crippen LogP contribution >= 0.6 is 24.0 Å². The van der Waals surface area contributed by atoms with E-state index in [0.29, 0.717) is 10.6 Å². The molecular formula is C7H10N2OS2. The molecule has 1 aromatic rings. The van der Waals surface area contributed by atoms with Crippen LogP contribution in [0.4, 0.5) is 0 Å². The third-order valence-electron chi connectivity index (χ3n) is 1.55. The smallest absolute Gasteiger partial charge is 0.275 e. The number of amides is 1. The number of nitrogens with two attached hydrogens (primary N) is 1. The number of carbonyl (C=O) groups is 1. The van der Waals surface area contributed by atoms with Gasteiger partial charge in [-0.2, -0.15) is 12.6 Å². The van der Waals surface area contributed by atoms with Crippen LogP contribution in [-0.4, -0.2) is 5.91 Å². The van der Waals surface area contributed by atoms with E-state index in [0.717, 1.165) is 10.4 Å². The van der Waals surface area contributed by atoms with E-state index in [9.17, 15) is 4.79 Å². The van der Waals surface area contributed by atoms with Crippen LogP contribution in [0.1, 0.15) is 20.1 Å². The van der Waals surface area contributed by atoms with Gasteiger partial charge in [0.05, 0.1) is 4.88 Å². The molecule has 12 heavy (non-hydrogen) atoms. The standard InChI is InChI=1S/C7H10N2OS2/c1-4-5(3-11)2-6(12-4)7(10)9-8/h2,11H,3,8H2,1H3,(H,9,10). The molecular weight excluding hydrogens is 192 g/mol. The summed E-state index contributed by atoms with van der Waals surface area (Å²) in [6.45, 7) is 1.96. The van der Waals surface area contributed by atoms with Crippen molar-refractivity contribution in [1.29, 1.82) is 0 Å². The van der Waals surface area contributed by atoms with Gasteiger partial charge in [0.2, 0.25) is 0 Å². The second kappa shape index (κ2) is 3.93. The van der Waals surface area contributed by atoms with Crippen LogP contribution in [0.15, 0.2) is 6.07 Å². The van der Waals surface area contributed by atoms with E-state index in [-0.39, 0.29) is 5.91 Å². The fourth-order valence-corrected chi connectivity index (χ4v) is 2.24. The minimum absolute atomic E-state index is 0.240. The molecule has 0 saturated carbocycles. The molecule has 3 nitrogen and oxygen atoms in total. The zero-order valence-electron chi connectivity index (χ0n) is 6.63. The summed E-state index contributed by atoms with van der Waals surface area (Å²) in [5.74, 6) is 5.41. The summed E-state index contributed by atoms with van der Waals surface area (Å²) in [5, 5.41) is 0. The topological polar surface area (TPSA) is 55.1 Å². The maximum atomic E-state index is 11.0. The Bertz CT molecular complexity index is 296. The highest BCUT2D eigenvalue weighted by molar-refractivity contribution is 7.79. The zero-order chi connectivity index (χ0) is 9.14. The second-order valence-electron chi connectivity index (χ2n) is 2.32. The minimum Gasteiger partial charge on any atom is -0.289 e. The molecule has 0 bridgehead atoms. The van der Waals surface area contributed by atoms with Crippen molar-refractivity contribution in [1.82, 2.24) is 5.43 Å². The lowest BCUT2D eigenvalue weighted by atomic mass is 10.3. The van der Waals surface area contributed by atoms with E-state index >= 15 is 0 Å². The molecule has 0 spiro atoms. The van der Waals surface area contributed by atoms with Crippen molar-refractivity contribution in [2.75, 3.05) is 0 Å². The van der Waals surface area contributed by atoms with Gasteiger partial charge in [-0.3, -0.25) is 10.2 Å². The predicted octanol–water partition coefficient (Wildman–Crippen LogP) is 1.09. The van der Waals surface area contributed by atoms with Crippen LogP contribution in [0.25, 0.3) is 0 Å². The van der Waals surface area contributed by atoms with Crippen molar-refractivity contribution in [3.05, 3.63) is 21.4 Å². The lowest BCUT2D eigenvalue weighted by Crippen LogP contribution is -2.29. The summed E-state index contributed by atoms with van der Waals surface area (Å²) in [6.07, 6.45) is 0. The quantitative estimate of drug-likeness (QED) is 0.291. The van der Waals surface area contributed by atoms with E-state index in [4.69, 9.17) is 5.84 Å². The lowest BCUT2D eigenvalue weighted by molar-refractivity contribution is 0.0957. The molecule has 1 aromatic heterocycles. The van der Waals surface area contributed by atoms with Crippen LogP contribution in [-0.2, 0) is 5.75 Å². The van der Waals surface area contributed by atoms with Gasteiger partial charge in [-0.15, -0.1) is 11.3 Å². The number of rotatable bonds is 2. The average molecular weight is 202 g/mol. The minimum atomic E-state index is -0.240. The van der Waals surface area contributed by atoms with Crippen molar-refractivity contribution < 1.29 is 4.79 Å². The van der Waals surface area contributed by atoms with Crippen molar-refractivity contribution >= 4 is 29.9 Å². The number of carbonyl (C=O) groups excluding carboxylic acids is 1. The predicted molar refractivity (Wildman–Crippen MR) is 53.4 cm³/mol. The fraction of sp³-hybridized carbons (Fsp3) is 0.286.